The number of H-pyrrole nitrogens is 1. The van der Waals surface area contributed by atoms with Crippen molar-refractivity contribution in [2.24, 2.45) is 0 Å². The maximum atomic E-state index is 11.5. The molecule has 1 atom stereocenters. The van der Waals surface area contributed by atoms with Gasteiger partial charge in [0.2, 0.25) is 11.8 Å². The summed E-state index contributed by atoms with van der Waals surface area (Å²) in [4.78, 5) is 29.3. The Morgan fingerprint density at radius 1 is 1.67 bits per heavy atom. The van der Waals surface area contributed by atoms with Crippen molar-refractivity contribution in [3.8, 4) is 0 Å². The number of carbonyl (C=O) groups excluding carboxylic acids is 2. The standard InChI is InChI=1S/C9H12N4O2/c14-8-2-1-6(13-8)9(15)12-5-7-10-3-4-11-7/h3-4,6H,1-2,5H2,(H,10,11)(H,12,15)(H,13,14). The number of aromatic amines is 1. The average Bonchev–Trinajstić information content (AvgIpc) is 2.84. The first-order chi connectivity index (χ1) is 7.25. The van der Waals surface area contributed by atoms with Crippen LogP contribution in [0.2, 0.25) is 0 Å². The smallest absolute Gasteiger partial charge is 0.242 e. The molecule has 2 heterocycles. The van der Waals surface area contributed by atoms with Crippen molar-refractivity contribution < 1.29 is 9.59 Å². The summed E-state index contributed by atoms with van der Waals surface area (Å²) in [6, 6.07) is -0.382. The minimum absolute atomic E-state index is 0.0619. The van der Waals surface area contributed by atoms with Gasteiger partial charge in [-0.25, -0.2) is 4.98 Å². The van der Waals surface area contributed by atoms with E-state index in [1.807, 2.05) is 0 Å². The summed E-state index contributed by atoms with van der Waals surface area (Å²) in [6.07, 6.45) is 4.32. The highest BCUT2D eigenvalue weighted by Gasteiger charge is 2.26. The summed E-state index contributed by atoms with van der Waals surface area (Å²) < 4.78 is 0. The van der Waals surface area contributed by atoms with Gasteiger partial charge in [0.15, 0.2) is 0 Å². The van der Waals surface area contributed by atoms with Crippen molar-refractivity contribution in [1.29, 1.82) is 0 Å². The Bertz CT molecular complexity index is 360. The molecule has 2 rings (SSSR count). The molecule has 1 fully saturated rings. The zero-order valence-corrected chi connectivity index (χ0v) is 8.12. The Balaban J connectivity index is 1.80. The van der Waals surface area contributed by atoms with Gasteiger partial charge in [-0.3, -0.25) is 9.59 Å². The number of aromatic nitrogens is 2. The van der Waals surface area contributed by atoms with E-state index in [2.05, 4.69) is 20.6 Å². The molecule has 0 aromatic carbocycles. The van der Waals surface area contributed by atoms with Crippen molar-refractivity contribution >= 4 is 11.8 Å². The molecule has 1 aromatic heterocycles. The monoisotopic (exact) mass is 208 g/mol. The van der Waals surface area contributed by atoms with Crippen LogP contribution in [0, 0.1) is 0 Å². The first-order valence-electron chi connectivity index (χ1n) is 4.81. The number of rotatable bonds is 3. The summed E-state index contributed by atoms with van der Waals surface area (Å²) in [6.45, 7) is 0.359. The second-order valence-corrected chi connectivity index (χ2v) is 3.41. The molecule has 1 aromatic rings. The molecular weight excluding hydrogens is 196 g/mol. The number of hydrogen-bond acceptors (Lipinski definition) is 3. The Labute approximate surface area is 86.5 Å². The minimum atomic E-state index is -0.382. The number of carbonyl (C=O) groups is 2. The van der Waals surface area contributed by atoms with Gasteiger partial charge in [0.05, 0.1) is 6.54 Å². The quantitative estimate of drug-likeness (QED) is 0.614. The van der Waals surface area contributed by atoms with E-state index in [0.29, 0.717) is 25.2 Å². The molecule has 6 heteroatoms. The van der Waals surface area contributed by atoms with Crippen LogP contribution in [0.1, 0.15) is 18.7 Å². The van der Waals surface area contributed by atoms with E-state index in [9.17, 15) is 9.59 Å². The van der Waals surface area contributed by atoms with Crippen LogP contribution >= 0.6 is 0 Å². The van der Waals surface area contributed by atoms with Crippen molar-refractivity contribution in [2.75, 3.05) is 0 Å². The molecule has 0 aliphatic carbocycles. The van der Waals surface area contributed by atoms with Crippen molar-refractivity contribution in [2.45, 2.75) is 25.4 Å². The van der Waals surface area contributed by atoms with E-state index in [0.717, 1.165) is 0 Å². The Kier molecular flexibility index (Phi) is 2.66. The molecule has 1 saturated heterocycles. The Morgan fingerprint density at radius 3 is 3.13 bits per heavy atom. The van der Waals surface area contributed by atoms with Gasteiger partial charge in [-0.05, 0) is 6.42 Å². The van der Waals surface area contributed by atoms with Crippen LogP contribution in [0.3, 0.4) is 0 Å². The zero-order chi connectivity index (χ0) is 10.7. The third-order valence-corrected chi connectivity index (χ3v) is 2.30. The van der Waals surface area contributed by atoms with Gasteiger partial charge in [-0.2, -0.15) is 0 Å². The minimum Gasteiger partial charge on any atom is -0.347 e. The van der Waals surface area contributed by atoms with E-state index in [4.69, 9.17) is 0 Å². The van der Waals surface area contributed by atoms with Crippen molar-refractivity contribution in [3.63, 3.8) is 0 Å². The molecular formula is C9H12N4O2. The van der Waals surface area contributed by atoms with Gasteiger partial charge < -0.3 is 15.6 Å². The lowest BCUT2D eigenvalue weighted by molar-refractivity contribution is -0.125. The second-order valence-electron chi connectivity index (χ2n) is 3.41. The lowest BCUT2D eigenvalue weighted by atomic mass is 10.2. The number of amides is 2. The first-order valence-corrected chi connectivity index (χ1v) is 4.81. The normalized spacial score (nSPS) is 20.0. The Morgan fingerprint density at radius 2 is 2.53 bits per heavy atom. The maximum Gasteiger partial charge on any atom is 0.242 e. The highest BCUT2D eigenvalue weighted by atomic mass is 16.2. The topological polar surface area (TPSA) is 86.9 Å². The van der Waals surface area contributed by atoms with E-state index >= 15 is 0 Å². The van der Waals surface area contributed by atoms with Crippen LogP contribution in [-0.2, 0) is 16.1 Å². The third kappa shape index (κ3) is 2.34. The fourth-order valence-corrected chi connectivity index (χ4v) is 1.50. The van der Waals surface area contributed by atoms with Crippen LogP contribution in [0.25, 0.3) is 0 Å². The summed E-state index contributed by atoms with van der Waals surface area (Å²) in [5.74, 6) is 0.484. The second kappa shape index (κ2) is 4.12. The van der Waals surface area contributed by atoms with Gasteiger partial charge in [0, 0.05) is 18.8 Å². The Hall–Kier alpha value is -1.85. The molecule has 15 heavy (non-hydrogen) atoms. The molecule has 80 valence electrons. The summed E-state index contributed by atoms with van der Waals surface area (Å²) in [5.41, 5.74) is 0. The number of nitrogens with one attached hydrogen (secondary N) is 3. The van der Waals surface area contributed by atoms with Gasteiger partial charge in [-0.15, -0.1) is 0 Å². The van der Waals surface area contributed by atoms with Crippen LogP contribution in [-0.4, -0.2) is 27.8 Å². The van der Waals surface area contributed by atoms with Crippen LogP contribution in [0.5, 0.6) is 0 Å². The molecule has 3 N–H and O–H groups in total. The summed E-state index contributed by atoms with van der Waals surface area (Å²) in [7, 11) is 0. The highest BCUT2D eigenvalue weighted by Crippen LogP contribution is 2.06. The van der Waals surface area contributed by atoms with Gasteiger partial charge in [0.1, 0.15) is 11.9 Å². The molecule has 6 nitrogen and oxygen atoms in total. The zero-order valence-electron chi connectivity index (χ0n) is 8.12. The van der Waals surface area contributed by atoms with E-state index in [-0.39, 0.29) is 17.9 Å². The highest BCUT2D eigenvalue weighted by molar-refractivity contribution is 5.90. The van der Waals surface area contributed by atoms with Crippen LogP contribution in [0.4, 0.5) is 0 Å². The lowest BCUT2D eigenvalue weighted by Crippen LogP contribution is -2.41. The van der Waals surface area contributed by atoms with Gasteiger partial charge in [0.25, 0.3) is 0 Å². The fourth-order valence-electron chi connectivity index (χ4n) is 1.50. The fraction of sp³-hybridized carbons (Fsp3) is 0.444. The van der Waals surface area contributed by atoms with E-state index in [1.54, 1.807) is 12.4 Å². The number of hydrogen-bond donors (Lipinski definition) is 3. The average molecular weight is 208 g/mol. The molecule has 0 bridgehead atoms. The molecule has 0 radical (unpaired) electrons. The third-order valence-electron chi connectivity index (χ3n) is 2.30. The van der Waals surface area contributed by atoms with Crippen molar-refractivity contribution in [1.82, 2.24) is 20.6 Å². The largest absolute Gasteiger partial charge is 0.347 e. The molecule has 1 aliphatic heterocycles. The van der Waals surface area contributed by atoms with E-state index < -0.39 is 0 Å². The van der Waals surface area contributed by atoms with Gasteiger partial charge in [-0.1, -0.05) is 0 Å². The summed E-state index contributed by atoms with van der Waals surface area (Å²) in [5, 5.41) is 5.30. The SMILES string of the molecule is O=C1CCC(C(=O)NCc2ncc[nH]2)N1. The van der Waals surface area contributed by atoms with Crippen molar-refractivity contribution in [3.05, 3.63) is 18.2 Å². The summed E-state index contributed by atoms with van der Waals surface area (Å²) >= 11 is 0. The molecule has 2 amide bonds. The predicted octanol–water partition coefficient (Wildman–Crippen LogP) is -0.696. The van der Waals surface area contributed by atoms with E-state index in [1.165, 1.54) is 0 Å². The lowest BCUT2D eigenvalue weighted by Gasteiger charge is -2.09. The van der Waals surface area contributed by atoms with Gasteiger partial charge >= 0.3 is 0 Å². The molecule has 1 unspecified atom stereocenters. The number of imidazole rings is 1. The molecule has 0 saturated carbocycles. The molecule has 1 aliphatic rings. The number of nitrogens with zero attached hydrogens (tertiary/aromatic N) is 1. The molecule has 0 spiro atoms. The predicted molar refractivity (Wildman–Crippen MR) is 51.6 cm³/mol. The van der Waals surface area contributed by atoms with Crippen LogP contribution < -0.4 is 10.6 Å². The van der Waals surface area contributed by atoms with Crippen LogP contribution in [0.15, 0.2) is 12.4 Å². The maximum absolute atomic E-state index is 11.5. The first kappa shape index (κ1) is 9.70.